The summed E-state index contributed by atoms with van der Waals surface area (Å²) in [6.07, 6.45) is 2.33. The Bertz CT molecular complexity index is 539. The molecule has 1 heterocycles. The predicted octanol–water partition coefficient (Wildman–Crippen LogP) is 1.64. The molecule has 0 saturated carbocycles. The molecular formula is C14H17N3OS. The lowest BCUT2D eigenvalue weighted by atomic mass is 10.1. The van der Waals surface area contributed by atoms with E-state index in [1.165, 1.54) is 0 Å². The number of hydrogen-bond donors (Lipinski definition) is 2. The summed E-state index contributed by atoms with van der Waals surface area (Å²) in [4.78, 5) is 17.1. The van der Waals surface area contributed by atoms with E-state index in [0.717, 1.165) is 15.4 Å². The molecule has 100 valence electrons. The lowest BCUT2D eigenvalue weighted by molar-refractivity contribution is -0.122. The molecule has 0 bridgehead atoms. The highest BCUT2D eigenvalue weighted by Gasteiger charge is 2.13. The number of aryl methyl sites for hydroxylation is 1. The maximum Gasteiger partial charge on any atom is 0.237 e. The average molecular weight is 275 g/mol. The van der Waals surface area contributed by atoms with Gasteiger partial charge in [-0.2, -0.15) is 0 Å². The van der Waals surface area contributed by atoms with Gasteiger partial charge in [0.05, 0.1) is 17.6 Å². The number of aromatic nitrogens is 1. The number of hydrogen-bond acceptors (Lipinski definition) is 4. The van der Waals surface area contributed by atoms with Gasteiger partial charge in [-0.15, -0.1) is 11.3 Å². The highest BCUT2D eigenvalue weighted by Crippen LogP contribution is 2.10. The molecule has 0 unspecified atom stereocenters. The Hall–Kier alpha value is -1.72. The summed E-state index contributed by atoms with van der Waals surface area (Å²) >= 11 is 1.58. The molecule has 19 heavy (non-hydrogen) atoms. The third kappa shape index (κ3) is 4.15. The molecule has 0 aliphatic heterocycles. The van der Waals surface area contributed by atoms with E-state index >= 15 is 0 Å². The zero-order valence-corrected chi connectivity index (χ0v) is 11.6. The summed E-state index contributed by atoms with van der Waals surface area (Å²) in [5, 5.41) is 3.84. The highest BCUT2D eigenvalue weighted by molar-refractivity contribution is 7.11. The van der Waals surface area contributed by atoms with Crippen molar-refractivity contribution in [3.05, 3.63) is 52.0 Å². The first-order valence-corrected chi connectivity index (χ1v) is 6.95. The number of nitrogens with one attached hydrogen (secondary N) is 1. The largest absolute Gasteiger partial charge is 0.350 e. The standard InChI is InChI=1S/C14H17N3OS/c1-10-16-8-12(19-10)9-17-14(18)13(15)7-11-5-3-2-4-6-11/h2-6,8,13H,7,9,15H2,1H3,(H,17,18)/t13-/m0/s1. The van der Waals surface area contributed by atoms with Crippen LogP contribution in [-0.4, -0.2) is 16.9 Å². The van der Waals surface area contributed by atoms with Crippen molar-refractivity contribution in [2.24, 2.45) is 5.73 Å². The number of carbonyl (C=O) groups excluding carboxylic acids is 1. The van der Waals surface area contributed by atoms with Crippen molar-refractivity contribution in [1.82, 2.24) is 10.3 Å². The molecule has 0 fully saturated rings. The summed E-state index contributed by atoms with van der Waals surface area (Å²) in [7, 11) is 0. The Morgan fingerprint density at radius 2 is 2.16 bits per heavy atom. The number of thiazole rings is 1. The molecule has 0 spiro atoms. The quantitative estimate of drug-likeness (QED) is 0.871. The fraction of sp³-hybridized carbons (Fsp3) is 0.286. The first-order chi connectivity index (χ1) is 9.15. The fourth-order valence-electron chi connectivity index (χ4n) is 1.75. The summed E-state index contributed by atoms with van der Waals surface area (Å²) in [5.74, 6) is -0.130. The smallest absolute Gasteiger partial charge is 0.237 e. The Kier molecular flexibility index (Phi) is 4.65. The van der Waals surface area contributed by atoms with E-state index in [4.69, 9.17) is 5.73 Å². The van der Waals surface area contributed by atoms with Crippen molar-refractivity contribution in [3.63, 3.8) is 0 Å². The SMILES string of the molecule is Cc1ncc(CNC(=O)[C@@H](N)Cc2ccccc2)s1. The molecule has 2 rings (SSSR count). The van der Waals surface area contributed by atoms with Crippen LogP contribution in [0.15, 0.2) is 36.5 Å². The third-order valence-electron chi connectivity index (χ3n) is 2.74. The van der Waals surface area contributed by atoms with Crippen molar-refractivity contribution in [1.29, 1.82) is 0 Å². The second kappa shape index (κ2) is 6.45. The van der Waals surface area contributed by atoms with Crippen molar-refractivity contribution in [2.45, 2.75) is 25.9 Å². The normalized spacial score (nSPS) is 12.1. The van der Waals surface area contributed by atoms with Crippen LogP contribution in [0.5, 0.6) is 0 Å². The van der Waals surface area contributed by atoms with E-state index in [-0.39, 0.29) is 5.91 Å². The number of carbonyl (C=O) groups is 1. The molecule has 1 amide bonds. The molecule has 0 aliphatic carbocycles. The topological polar surface area (TPSA) is 68.0 Å². The van der Waals surface area contributed by atoms with Gasteiger partial charge in [0.15, 0.2) is 0 Å². The third-order valence-corrected chi connectivity index (χ3v) is 3.65. The van der Waals surface area contributed by atoms with E-state index < -0.39 is 6.04 Å². The van der Waals surface area contributed by atoms with Crippen LogP contribution in [0, 0.1) is 6.92 Å². The monoisotopic (exact) mass is 275 g/mol. The number of rotatable bonds is 5. The van der Waals surface area contributed by atoms with Crippen LogP contribution < -0.4 is 11.1 Å². The Balaban J connectivity index is 1.82. The zero-order valence-electron chi connectivity index (χ0n) is 10.8. The van der Waals surface area contributed by atoms with Crippen molar-refractivity contribution < 1.29 is 4.79 Å². The van der Waals surface area contributed by atoms with E-state index in [1.54, 1.807) is 17.5 Å². The number of benzene rings is 1. The summed E-state index contributed by atoms with van der Waals surface area (Å²) in [5.41, 5.74) is 6.96. The van der Waals surface area contributed by atoms with Crippen LogP contribution in [0.4, 0.5) is 0 Å². The van der Waals surface area contributed by atoms with Gasteiger partial charge in [0, 0.05) is 11.1 Å². The van der Waals surface area contributed by atoms with Crippen molar-refractivity contribution in [2.75, 3.05) is 0 Å². The molecule has 4 nitrogen and oxygen atoms in total. The molecular weight excluding hydrogens is 258 g/mol. The molecule has 3 N–H and O–H groups in total. The minimum atomic E-state index is -0.517. The summed E-state index contributed by atoms with van der Waals surface area (Å²) in [6.45, 7) is 2.43. The maximum absolute atomic E-state index is 11.9. The van der Waals surface area contributed by atoms with Crippen LogP contribution in [0.2, 0.25) is 0 Å². The minimum Gasteiger partial charge on any atom is -0.350 e. The molecule has 1 aromatic heterocycles. The van der Waals surface area contributed by atoms with E-state index in [9.17, 15) is 4.79 Å². The van der Waals surface area contributed by atoms with Gasteiger partial charge >= 0.3 is 0 Å². The zero-order chi connectivity index (χ0) is 13.7. The summed E-state index contributed by atoms with van der Waals surface area (Å²) in [6, 6.07) is 9.26. The van der Waals surface area contributed by atoms with Crippen molar-refractivity contribution in [3.8, 4) is 0 Å². The summed E-state index contributed by atoms with van der Waals surface area (Å²) < 4.78 is 0. The van der Waals surface area contributed by atoms with Gasteiger partial charge in [-0.1, -0.05) is 30.3 Å². The van der Waals surface area contributed by atoms with Crippen LogP contribution >= 0.6 is 11.3 Å². The molecule has 0 radical (unpaired) electrons. The van der Waals surface area contributed by atoms with Gasteiger partial charge in [-0.3, -0.25) is 4.79 Å². The van der Waals surface area contributed by atoms with Crippen LogP contribution in [0.3, 0.4) is 0 Å². The first-order valence-electron chi connectivity index (χ1n) is 6.13. The number of nitrogens with zero attached hydrogens (tertiary/aromatic N) is 1. The van der Waals surface area contributed by atoms with Gasteiger partial charge in [0.1, 0.15) is 0 Å². The second-order valence-corrected chi connectivity index (χ2v) is 5.68. The fourth-order valence-corrected chi connectivity index (χ4v) is 2.49. The molecule has 0 aliphatic rings. The first kappa shape index (κ1) is 13.7. The van der Waals surface area contributed by atoms with Gasteiger partial charge in [0.25, 0.3) is 0 Å². The number of amides is 1. The van der Waals surface area contributed by atoms with Gasteiger partial charge in [-0.25, -0.2) is 4.98 Å². The average Bonchev–Trinajstić information content (AvgIpc) is 2.83. The lowest BCUT2D eigenvalue weighted by Crippen LogP contribution is -2.41. The van der Waals surface area contributed by atoms with E-state index in [1.807, 2.05) is 37.3 Å². The van der Waals surface area contributed by atoms with Crippen LogP contribution in [0.25, 0.3) is 0 Å². The van der Waals surface area contributed by atoms with Gasteiger partial charge in [-0.05, 0) is 18.9 Å². The lowest BCUT2D eigenvalue weighted by Gasteiger charge is -2.11. The predicted molar refractivity (Wildman–Crippen MR) is 76.8 cm³/mol. The Morgan fingerprint density at radius 3 is 2.79 bits per heavy atom. The van der Waals surface area contributed by atoms with E-state index in [2.05, 4.69) is 10.3 Å². The molecule has 0 saturated heterocycles. The highest BCUT2D eigenvalue weighted by atomic mass is 32.1. The minimum absolute atomic E-state index is 0.130. The molecule has 5 heteroatoms. The van der Waals surface area contributed by atoms with Crippen molar-refractivity contribution >= 4 is 17.2 Å². The molecule has 2 aromatic rings. The van der Waals surface area contributed by atoms with Crippen LogP contribution in [0.1, 0.15) is 15.4 Å². The Labute approximate surface area is 116 Å². The van der Waals surface area contributed by atoms with Gasteiger partial charge in [0.2, 0.25) is 5.91 Å². The Morgan fingerprint density at radius 1 is 1.42 bits per heavy atom. The second-order valence-electron chi connectivity index (χ2n) is 4.36. The molecule has 1 aromatic carbocycles. The molecule has 1 atom stereocenters. The van der Waals surface area contributed by atoms with Crippen LogP contribution in [-0.2, 0) is 17.8 Å². The maximum atomic E-state index is 11.9. The van der Waals surface area contributed by atoms with E-state index in [0.29, 0.717) is 13.0 Å². The van der Waals surface area contributed by atoms with Gasteiger partial charge < -0.3 is 11.1 Å². The number of nitrogens with two attached hydrogens (primary N) is 1.